The van der Waals surface area contributed by atoms with Crippen molar-refractivity contribution in [2.75, 3.05) is 38.3 Å². The number of hydrogen-bond donors (Lipinski definition) is 2. The first-order valence-corrected chi connectivity index (χ1v) is 8.46. The molecule has 3 aliphatic rings. The molecular weight excluding hydrogens is 336 g/mol. The molecule has 136 valence electrons. The molecule has 1 saturated heterocycles. The fourth-order valence-electron chi connectivity index (χ4n) is 3.39. The van der Waals surface area contributed by atoms with Gasteiger partial charge in [-0.15, -0.1) is 0 Å². The van der Waals surface area contributed by atoms with E-state index in [1.54, 1.807) is 11.9 Å². The minimum absolute atomic E-state index is 0.215. The number of guanidine groups is 2. The number of anilines is 1. The van der Waals surface area contributed by atoms with E-state index in [0.29, 0.717) is 37.8 Å². The standard InChI is InChI=1S/C17H20N6O3/c1-11(24)18-15-19-16(23-7-9-26-10-8-23)21-17(20-15)12-5-3-4-6-13(12)22(2)14(17)25/h3-6H,7-10H2,1-2H3,(H2,18,19,20,21,24)/t17-/m0/s1. The quantitative estimate of drug-likeness (QED) is 0.659. The van der Waals surface area contributed by atoms with Crippen LogP contribution in [-0.4, -0.2) is 62.0 Å². The number of amides is 2. The van der Waals surface area contributed by atoms with Gasteiger partial charge >= 0.3 is 0 Å². The summed E-state index contributed by atoms with van der Waals surface area (Å²) in [7, 11) is 1.70. The van der Waals surface area contributed by atoms with Gasteiger partial charge in [0.1, 0.15) is 0 Å². The Morgan fingerprint density at radius 3 is 2.73 bits per heavy atom. The van der Waals surface area contributed by atoms with Crippen molar-refractivity contribution >= 4 is 29.4 Å². The molecule has 0 aliphatic carbocycles. The van der Waals surface area contributed by atoms with Crippen LogP contribution in [-0.2, 0) is 20.0 Å². The summed E-state index contributed by atoms with van der Waals surface area (Å²) >= 11 is 0. The second-order valence-electron chi connectivity index (χ2n) is 6.35. The van der Waals surface area contributed by atoms with Crippen LogP contribution in [0.15, 0.2) is 34.3 Å². The maximum Gasteiger partial charge on any atom is 0.282 e. The highest BCUT2D eigenvalue weighted by molar-refractivity contribution is 6.14. The summed E-state index contributed by atoms with van der Waals surface area (Å²) in [4.78, 5) is 37.5. The maximum absolute atomic E-state index is 13.1. The van der Waals surface area contributed by atoms with E-state index in [9.17, 15) is 9.59 Å². The molecule has 0 unspecified atom stereocenters. The third-order valence-electron chi connectivity index (χ3n) is 4.62. The summed E-state index contributed by atoms with van der Waals surface area (Å²) < 4.78 is 5.39. The molecule has 2 amide bonds. The van der Waals surface area contributed by atoms with E-state index in [2.05, 4.69) is 15.6 Å². The minimum Gasteiger partial charge on any atom is -0.378 e. The first kappa shape index (κ1) is 16.5. The zero-order chi connectivity index (χ0) is 18.3. The van der Waals surface area contributed by atoms with Crippen LogP contribution < -0.4 is 15.5 Å². The average molecular weight is 356 g/mol. The third-order valence-corrected chi connectivity index (χ3v) is 4.62. The first-order valence-electron chi connectivity index (χ1n) is 8.46. The van der Waals surface area contributed by atoms with Crippen molar-refractivity contribution < 1.29 is 14.3 Å². The molecule has 9 heteroatoms. The van der Waals surface area contributed by atoms with E-state index in [0.717, 1.165) is 5.69 Å². The van der Waals surface area contributed by atoms with Crippen LogP contribution in [0, 0.1) is 0 Å². The Balaban J connectivity index is 1.84. The van der Waals surface area contributed by atoms with Crippen LogP contribution >= 0.6 is 0 Å². The molecule has 0 radical (unpaired) electrons. The van der Waals surface area contributed by atoms with Crippen molar-refractivity contribution in [1.29, 1.82) is 0 Å². The number of nitrogens with zero attached hydrogens (tertiary/aromatic N) is 4. The molecule has 1 spiro atoms. The molecule has 0 saturated carbocycles. The van der Waals surface area contributed by atoms with Crippen molar-refractivity contribution in [3.63, 3.8) is 0 Å². The monoisotopic (exact) mass is 356 g/mol. The number of hydrogen-bond acceptors (Lipinski definition) is 7. The Kier molecular flexibility index (Phi) is 3.87. The van der Waals surface area contributed by atoms with Gasteiger partial charge in [-0.2, -0.15) is 0 Å². The number of nitrogens with one attached hydrogen (secondary N) is 2. The number of carbonyl (C=O) groups excluding carboxylic acids is 2. The number of morpholine rings is 1. The molecule has 2 N–H and O–H groups in total. The van der Waals surface area contributed by atoms with Gasteiger partial charge in [0.05, 0.1) is 18.9 Å². The Bertz CT molecular complexity index is 830. The highest BCUT2D eigenvalue weighted by Gasteiger charge is 2.52. The highest BCUT2D eigenvalue weighted by Crippen LogP contribution is 2.44. The smallest absolute Gasteiger partial charge is 0.282 e. The average Bonchev–Trinajstić information content (AvgIpc) is 2.84. The Labute approximate surface area is 150 Å². The van der Waals surface area contributed by atoms with Gasteiger partial charge in [0, 0.05) is 32.6 Å². The fourth-order valence-corrected chi connectivity index (χ4v) is 3.39. The SMILES string of the molecule is CC(=O)NC1=N[C@@]2(N=C(N3CCOCC3)N1)C(=O)N(C)c1ccccc12. The second kappa shape index (κ2) is 6.10. The Morgan fingerprint density at radius 1 is 1.27 bits per heavy atom. The number of likely N-dealkylation sites (N-methyl/N-ethyl adjacent to an activating group) is 1. The summed E-state index contributed by atoms with van der Waals surface area (Å²) in [6.07, 6.45) is 0. The van der Waals surface area contributed by atoms with Gasteiger partial charge in [0.15, 0.2) is 0 Å². The fraction of sp³-hybridized carbons (Fsp3) is 0.412. The number of para-hydroxylation sites is 1. The third kappa shape index (κ3) is 2.51. The van der Waals surface area contributed by atoms with E-state index in [-0.39, 0.29) is 17.8 Å². The Morgan fingerprint density at radius 2 is 2.00 bits per heavy atom. The van der Waals surface area contributed by atoms with Crippen molar-refractivity contribution in [3.05, 3.63) is 29.8 Å². The lowest BCUT2D eigenvalue weighted by molar-refractivity contribution is -0.122. The number of aliphatic imine (C=N–C) groups is 2. The van der Waals surface area contributed by atoms with Gasteiger partial charge < -0.3 is 14.5 Å². The van der Waals surface area contributed by atoms with Crippen LogP contribution in [0.5, 0.6) is 0 Å². The topological polar surface area (TPSA) is 98.6 Å². The molecule has 9 nitrogen and oxygen atoms in total. The maximum atomic E-state index is 13.1. The zero-order valence-electron chi connectivity index (χ0n) is 14.7. The molecule has 1 aromatic rings. The van der Waals surface area contributed by atoms with Gasteiger partial charge in [0.25, 0.3) is 11.6 Å². The first-order chi connectivity index (χ1) is 12.5. The number of ether oxygens (including phenoxy) is 1. The summed E-state index contributed by atoms with van der Waals surface area (Å²) in [5, 5.41) is 5.70. The van der Waals surface area contributed by atoms with Crippen molar-refractivity contribution in [3.8, 4) is 0 Å². The van der Waals surface area contributed by atoms with Gasteiger partial charge in [-0.05, 0) is 6.07 Å². The lowest BCUT2D eigenvalue weighted by atomic mass is 10.0. The van der Waals surface area contributed by atoms with Gasteiger partial charge in [-0.3, -0.25) is 20.2 Å². The zero-order valence-corrected chi connectivity index (χ0v) is 14.7. The van der Waals surface area contributed by atoms with E-state index in [1.807, 2.05) is 29.2 Å². The minimum atomic E-state index is -1.43. The number of carbonyl (C=O) groups is 2. The molecule has 4 rings (SSSR count). The summed E-state index contributed by atoms with van der Waals surface area (Å²) in [5.74, 6) is 0.188. The van der Waals surface area contributed by atoms with Crippen molar-refractivity contribution in [2.24, 2.45) is 9.98 Å². The van der Waals surface area contributed by atoms with Crippen molar-refractivity contribution in [2.45, 2.75) is 12.6 Å². The molecule has 0 bridgehead atoms. The van der Waals surface area contributed by atoms with Crippen LogP contribution in [0.1, 0.15) is 12.5 Å². The molecule has 26 heavy (non-hydrogen) atoms. The molecule has 3 heterocycles. The van der Waals surface area contributed by atoms with E-state index in [4.69, 9.17) is 9.73 Å². The lowest BCUT2D eigenvalue weighted by Gasteiger charge is -2.35. The van der Waals surface area contributed by atoms with Crippen LogP contribution in [0.3, 0.4) is 0 Å². The summed E-state index contributed by atoms with van der Waals surface area (Å²) in [6, 6.07) is 7.43. The van der Waals surface area contributed by atoms with Crippen LogP contribution in [0.25, 0.3) is 0 Å². The normalized spacial score (nSPS) is 24.8. The summed E-state index contributed by atoms with van der Waals surface area (Å²) in [6.45, 7) is 3.82. The number of benzene rings is 1. The number of fused-ring (bicyclic) bond motifs is 2. The summed E-state index contributed by atoms with van der Waals surface area (Å²) in [5.41, 5.74) is 0.0279. The lowest BCUT2D eigenvalue weighted by Crippen LogP contribution is -2.57. The molecule has 1 aromatic carbocycles. The molecule has 1 fully saturated rings. The van der Waals surface area contributed by atoms with Gasteiger partial charge in [-0.1, -0.05) is 18.2 Å². The molecule has 1 atom stereocenters. The second-order valence-corrected chi connectivity index (χ2v) is 6.35. The largest absolute Gasteiger partial charge is 0.378 e. The van der Waals surface area contributed by atoms with E-state index >= 15 is 0 Å². The van der Waals surface area contributed by atoms with E-state index in [1.165, 1.54) is 6.92 Å². The number of rotatable bonds is 0. The van der Waals surface area contributed by atoms with E-state index < -0.39 is 5.66 Å². The van der Waals surface area contributed by atoms with Crippen molar-refractivity contribution in [1.82, 2.24) is 15.5 Å². The van der Waals surface area contributed by atoms with Gasteiger partial charge in [0.2, 0.25) is 17.8 Å². The highest BCUT2D eigenvalue weighted by atomic mass is 16.5. The van der Waals surface area contributed by atoms with Crippen LogP contribution in [0.2, 0.25) is 0 Å². The van der Waals surface area contributed by atoms with Crippen LogP contribution in [0.4, 0.5) is 5.69 Å². The predicted octanol–water partition coefficient (Wildman–Crippen LogP) is -0.401. The molecule has 0 aromatic heterocycles. The van der Waals surface area contributed by atoms with Gasteiger partial charge in [-0.25, -0.2) is 9.98 Å². The molecule has 3 aliphatic heterocycles. The Hall–Kier alpha value is -2.94. The molecular formula is C17H20N6O3. The predicted molar refractivity (Wildman–Crippen MR) is 95.7 cm³/mol.